The van der Waals surface area contributed by atoms with Crippen LogP contribution in [0.2, 0.25) is 0 Å². The molecule has 0 spiro atoms. The Morgan fingerprint density at radius 2 is 1.94 bits per heavy atom. The van der Waals surface area contributed by atoms with Gasteiger partial charge in [-0.3, -0.25) is 0 Å². The number of nitrogens with zero attached hydrogens (tertiary/aromatic N) is 1. The average Bonchev–Trinajstić information content (AvgIpc) is 2.57. The zero-order valence-corrected chi connectivity index (χ0v) is 10.0. The maximum atomic E-state index is 5.57. The molecule has 1 fully saturated rings. The molecule has 2 rings (SSSR count). The van der Waals surface area contributed by atoms with Gasteiger partial charge in [0.15, 0.2) is 0 Å². The summed E-state index contributed by atoms with van der Waals surface area (Å²) in [6, 6.07) is 8.09. The van der Waals surface area contributed by atoms with Gasteiger partial charge in [0.05, 0.1) is 6.61 Å². The van der Waals surface area contributed by atoms with Gasteiger partial charge >= 0.3 is 0 Å². The minimum absolute atomic E-state index is 0.450. The van der Waals surface area contributed by atoms with Gasteiger partial charge in [-0.25, -0.2) is 0 Å². The van der Waals surface area contributed by atoms with E-state index in [1.54, 1.807) is 0 Å². The molecule has 0 unspecified atom stereocenters. The summed E-state index contributed by atoms with van der Waals surface area (Å²) in [4.78, 5) is 2.78. The molecule has 2 N–H and O–H groups in total. The molecule has 1 aromatic rings. The van der Waals surface area contributed by atoms with Crippen LogP contribution in [0.3, 0.4) is 0 Å². The molecule has 1 aliphatic rings. The highest BCUT2D eigenvalue weighted by Crippen LogP contribution is 2.16. The van der Waals surface area contributed by atoms with E-state index in [1.807, 2.05) is 12.1 Å². The van der Waals surface area contributed by atoms with Crippen LogP contribution in [0.25, 0.3) is 0 Å². The van der Waals surface area contributed by atoms with Crippen molar-refractivity contribution in [1.82, 2.24) is 0 Å². The predicted molar refractivity (Wildman–Crippen MR) is 70.0 cm³/mol. The van der Waals surface area contributed by atoms with E-state index in [9.17, 15) is 0 Å². The number of ether oxygens (including phenoxy) is 1. The Bertz CT molecular complexity index is 356. The van der Waals surface area contributed by atoms with Gasteiger partial charge in [0, 0.05) is 30.9 Å². The third-order valence-electron chi connectivity index (χ3n) is 2.74. The molecule has 0 radical (unpaired) electrons. The van der Waals surface area contributed by atoms with Crippen LogP contribution in [0, 0.1) is 0 Å². The zero-order valence-electron chi connectivity index (χ0n) is 9.19. The summed E-state index contributed by atoms with van der Waals surface area (Å²) in [6.07, 6.45) is 1.08. The van der Waals surface area contributed by atoms with Crippen molar-refractivity contribution in [2.45, 2.75) is 6.42 Å². The number of benzene rings is 1. The van der Waals surface area contributed by atoms with Crippen LogP contribution in [-0.2, 0) is 4.74 Å². The molecule has 0 bridgehead atoms. The quantitative estimate of drug-likeness (QED) is 0.791. The van der Waals surface area contributed by atoms with Crippen molar-refractivity contribution in [2.24, 2.45) is 5.73 Å². The van der Waals surface area contributed by atoms with E-state index < -0.39 is 0 Å². The lowest BCUT2D eigenvalue weighted by atomic mass is 10.2. The van der Waals surface area contributed by atoms with E-state index in [4.69, 9.17) is 22.7 Å². The van der Waals surface area contributed by atoms with Gasteiger partial charge in [0.1, 0.15) is 4.99 Å². The van der Waals surface area contributed by atoms with Gasteiger partial charge in [0.25, 0.3) is 0 Å². The summed E-state index contributed by atoms with van der Waals surface area (Å²) in [7, 11) is 0. The highest BCUT2D eigenvalue weighted by Gasteiger charge is 2.09. The number of hydrogen-bond donors (Lipinski definition) is 1. The van der Waals surface area contributed by atoms with Crippen LogP contribution >= 0.6 is 12.2 Å². The van der Waals surface area contributed by atoms with Crippen LogP contribution in [-0.4, -0.2) is 31.3 Å². The standard InChI is InChI=1S/C12H16N2OS/c13-12(16)10-2-4-11(5-3-10)14-6-1-8-15-9-7-14/h2-5H,1,6-9H2,(H2,13,16). The second kappa shape index (κ2) is 5.27. The molecule has 1 aromatic carbocycles. The van der Waals surface area contributed by atoms with Gasteiger partial charge < -0.3 is 15.4 Å². The molecule has 4 heteroatoms. The fourth-order valence-corrected chi connectivity index (χ4v) is 1.98. The van der Waals surface area contributed by atoms with E-state index in [-0.39, 0.29) is 0 Å². The van der Waals surface area contributed by atoms with Crippen LogP contribution in [0.15, 0.2) is 24.3 Å². The van der Waals surface area contributed by atoms with E-state index in [0.717, 1.165) is 38.3 Å². The molecule has 1 saturated heterocycles. The molecular formula is C12H16N2OS. The number of rotatable bonds is 2. The molecule has 0 saturated carbocycles. The second-order valence-electron chi connectivity index (χ2n) is 3.86. The smallest absolute Gasteiger partial charge is 0.103 e. The maximum absolute atomic E-state index is 5.57. The second-order valence-corrected chi connectivity index (χ2v) is 4.30. The first-order valence-corrected chi connectivity index (χ1v) is 5.91. The first kappa shape index (κ1) is 11.4. The monoisotopic (exact) mass is 236 g/mol. The largest absolute Gasteiger partial charge is 0.389 e. The Morgan fingerprint density at radius 3 is 2.62 bits per heavy atom. The number of hydrogen-bond acceptors (Lipinski definition) is 3. The highest BCUT2D eigenvalue weighted by molar-refractivity contribution is 7.80. The Kier molecular flexibility index (Phi) is 3.74. The fourth-order valence-electron chi connectivity index (χ4n) is 1.84. The molecule has 0 aromatic heterocycles. The van der Waals surface area contributed by atoms with Crippen molar-refractivity contribution >= 4 is 22.9 Å². The Labute approximate surface area is 101 Å². The number of anilines is 1. The van der Waals surface area contributed by atoms with E-state index >= 15 is 0 Å². The van der Waals surface area contributed by atoms with E-state index in [1.165, 1.54) is 5.69 Å². The molecule has 1 aliphatic heterocycles. The number of thiocarbonyl (C=S) groups is 1. The average molecular weight is 236 g/mol. The lowest BCUT2D eigenvalue weighted by molar-refractivity contribution is 0.152. The molecule has 16 heavy (non-hydrogen) atoms. The first-order valence-electron chi connectivity index (χ1n) is 5.50. The summed E-state index contributed by atoms with van der Waals surface area (Å²) in [6.45, 7) is 3.66. The van der Waals surface area contributed by atoms with Crippen LogP contribution < -0.4 is 10.6 Å². The minimum atomic E-state index is 0.450. The van der Waals surface area contributed by atoms with Crippen LogP contribution in [0.1, 0.15) is 12.0 Å². The van der Waals surface area contributed by atoms with Crippen molar-refractivity contribution in [3.63, 3.8) is 0 Å². The SMILES string of the molecule is NC(=S)c1ccc(N2CCCOCC2)cc1. The number of nitrogens with two attached hydrogens (primary N) is 1. The summed E-state index contributed by atoms with van der Waals surface area (Å²) in [5.74, 6) is 0. The van der Waals surface area contributed by atoms with Crippen molar-refractivity contribution < 1.29 is 4.74 Å². The zero-order chi connectivity index (χ0) is 11.4. The van der Waals surface area contributed by atoms with Crippen molar-refractivity contribution in [2.75, 3.05) is 31.2 Å². The Hall–Kier alpha value is -1.13. The molecule has 0 amide bonds. The summed E-state index contributed by atoms with van der Waals surface area (Å²) >= 11 is 4.93. The highest BCUT2D eigenvalue weighted by atomic mass is 32.1. The first-order chi connectivity index (χ1) is 7.77. The van der Waals surface area contributed by atoms with Gasteiger partial charge in [-0.15, -0.1) is 0 Å². The normalized spacial score (nSPS) is 16.9. The van der Waals surface area contributed by atoms with Gasteiger partial charge in [-0.05, 0) is 30.7 Å². The molecule has 86 valence electrons. The Balaban J connectivity index is 2.10. The fraction of sp³-hybridized carbons (Fsp3) is 0.417. The third kappa shape index (κ3) is 2.71. The molecular weight excluding hydrogens is 220 g/mol. The van der Waals surface area contributed by atoms with Gasteiger partial charge in [-0.1, -0.05) is 12.2 Å². The van der Waals surface area contributed by atoms with Crippen molar-refractivity contribution in [1.29, 1.82) is 0 Å². The maximum Gasteiger partial charge on any atom is 0.103 e. The summed E-state index contributed by atoms with van der Waals surface area (Å²) in [5.41, 5.74) is 7.70. The summed E-state index contributed by atoms with van der Waals surface area (Å²) in [5, 5.41) is 0. The van der Waals surface area contributed by atoms with Gasteiger partial charge in [0.2, 0.25) is 0 Å². The lowest BCUT2D eigenvalue weighted by Gasteiger charge is -2.22. The van der Waals surface area contributed by atoms with Crippen molar-refractivity contribution in [3.05, 3.63) is 29.8 Å². The predicted octanol–water partition coefficient (Wildman–Crippen LogP) is 1.55. The topological polar surface area (TPSA) is 38.5 Å². The summed E-state index contributed by atoms with van der Waals surface area (Å²) < 4.78 is 5.43. The van der Waals surface area contributed by atoms with E-state index in [0.29, 0.717) is 4.99 Å². The van der Waals surface area contributed by atoms with Crippen LogP contribution in [0.4, 0.5) is 5.69 Å². The van der Waals surface area contributed by atoms with Crippen molar-refractivity contribution in [3.8, 4) is 0 Å². The third-order valence-corrected chi connectivity index (χ3v) is 2.97. The molecule has 1 heterocycles. The van der Waals surface area contributed by atoms with E-state index in [2.05, 4.69) is 17.0 Å². The molecule has 0 aliphatic carbocycles. The van der Waals surface area contributed by atoms with Crippen LogP contribution in [0.5, 0.6) is 0 Å². The molecule has 3 nitrogen and oxygen atoms in total. The lowest BCUT2D eigenvalue weighted by Crippen LogP contribution is -2.25. The Morgan fingerprint density at radius 1 is 1.19 bits per heavy atom. The molecule has 0 atom stereocenters. The minimum Gasteiger partial charge on any atom is -0.389 e. The van der Waals surface area contributed by atoms with Gasteiger partial charge in [-0.2, -0.15) is 0 Å².